The lowest BCUT2D eigenvalue weighted by molar-refractivity contribution is 0.0902. The van der Waals surface area contributed by atoms with Crippen LogP contribution >= 0.6 is 0 Å². The number of aryl methyl sites for hydroxylation is 1. The van der Waals surface area contributed by atoms with Crippen molar-refractivity contribution in [3.8, 4) is 0 Å². The fraction of sp³-hybridized carbons (Fsp3) is 0.636. The van der Waals surface area contributed by atoms with Gasteiger partial charge in [0.15, 0.2) is 5.78 Å². The molecule has 2 N–H and O–H groups in total. The van der Waals surface area contributed by atoms with E-state index in [4.69, 9.17) is 5.73 Å². The Kier molecular flexibility index (Phi) is 2.86. The summed E-state index contributed by atoms with van der Waals surface area (Å²) in [6.07, 6.45) is 4.64. The summed E-state index contributed by atoms with van der Waals surface area (Å²) in [6, 6.07) is 1.83. The molecular weight excluding hydrogens is 190 g/mol. The largest absolute Gasteiger partial charge is 0.327 e. The fourth-order valence-electron chi connectivity index (χ4n) is 2.30. The summed E-state index contributed by atoms with van der Waals surface area (Å²) < 4.78 is 1.74. The third kappa shape index (κ3) is 1.81. The first kappa shape index (κ1) is 10.4. The van der Waals surface area contributed by atoms with Gasteiger partial charge < -0.3 is 5.73 Å². The molecule has 2 atom stereocenters. The molecule has 2 unspecified atom stereocenters. The minimum absolute atomic E-state index is 0.00648. The number of hydrogen-bond acceptors (Lipinski definition) is 3. The number of carbonyl (C=O) groups is 1. The Morgan fingerprint density at radius 3 is 3.07 bits per heavy atom. The van der Waals surface area contributed by atoms with Crippen LogP contribution in [0.5, 0.6) is 0 Å². The molecule has 1 aromatic heterocycles. The van der Waals surface area contributed by atoms with Gasteiger partial charge in [-0.1, -0.05) is 6.42 Å². The average molecular weight is 207 g/mol. The van der Waals surface area contributed by atoms with E-state index in [0.29, 0.717) is 5.69 Å². The monoisotopic (exact) mass is 207 g/mol. The number of nitrogens with zero attached hydrogens (tertiary/aromatic N) is 2. The summed E-state index contributed by atoms with van der Waals surface area (Å²) in [6.45, 7) is 2.72. The maximum absolute atomic E-state index is 12.2. The molecule has 1 fully saturated rings. The van der Waals surface area contributed by atoms with Crippen LogP contribution in [-0.4, -0.2) is 21.6 Å². The number of aromatic nitrogens is 2. The van der Waals surface area contributed by atoms with Crippen molar-refractivity contribution in [2.45, 2.75) is 38.8 Å². The van der Waals surface area contributed by atoms with Crippen molar-refractivity contribution in [2.24, 2.45) is 11.7 Å². The summed E-state index contributed by atoms with van der Waals surface area (Å²) in [5.74, 6) is 0.173. The number of ketones is 1. The van der Waals surface area contributed by atoms with Crippen LogP contribution in [0.25, 0.3) is 0 Å². The highest BCUT2D eigenvalue weighted by Gasteiger charge is 2.32. The zero-order chi connectivity index (χ0) is 10.8. The molecule has 0 radical (unpaired) electrons. The molecule has 1 aromatic rings. The van der Waals surface area contributed by atoms with Crippen LogP contribution < -0.4 is 5.73 Å². The molecule has 1 aliphatic rings. The minimum atomic E-state index is 0.00648. The van der Waals surface area contributed by atoms with E-state index >= 15 is 0 Å². The predicted molar refractivity (Wildman–Crippen MR) is 57.5 cm³/mol. The van der Waals surface area contributed by atoms with Crippen LogP contribution in [0.3, 0.4) is 0 Å². The highest BCUT2D eigenvalue weighted by atomic mass is 16.1. The second kappa shape index (κ2) is 4.14. The first-order chi connectivity index (χ1) is 7.24. The Labute approximate surface area is 89.5 Å². The standard InChI is InChI=1S/C11H17N3O/c1-2-14-10(6-7-13-14)11(15)8-4-3-5-9(8)12/h6-9H,2-5,12H2,1H3. The molecule has 0 saturated heterocycles. The molecule has 15 heavy (non-hydrogen) atoms. The Hall–Kier alpha value is -1.16. The van der Waals surface area contributed by atoms with E-state index in [1.807, 2.05) is 6.92 Å². The molecule has 4 heteroatoms. The van der Waals surface area contributed by atoms with E-state index in [0.717, 1.165) is 25.8 Å². The van der Waals surface area contributed by atoms with Crippen LogP contribution in [0.4, 0.5) is 0 Å². The molecule has 0 aliphatic heterocycles. The van der Waals surface area contributed by atoms with Gasteiger partial charge in [0, 0.05) is 24.7 Å². The van der Waals surface area contributed by atoms with Crippen LogP contribution in [-0.2, 0) is 6.54 Å². The van der Waals surface area contributed by atoms with Gasteiger partial charge in [-0.25, -0.2) is 0 Å². The number of nitrogens with two attached hydrogens (primary N) is 1. The van der Waals surface area contributed by atoms with Gasteiger partial charge in [0.1, 0.15) is 5.69 Å². The highest BCUT2D eigenvalue weighted by Crippen LogP contribution is 2.27. The van der Waals surface area contributed by atoms with Gasteiger partial charge in [0.2, 0.25) is 0 Å². The smallest absolute Gasteiger partial charge is 0.185 e. The van der Waals surface area contributed by atoms with Crippen molar-refractivity contribution in [1.29, 1.82) is 0 Å². The molecule has 1 heterocycles. The van der Waals surface area contributed by atoms with E-state index in [9.17, 15) is 4.79 Å². The van der Waals surface area contributed by atoms with Crippen LogP contribution in [0, 0.1) is 5.92 Å². The second-order valence-corrected chi connectivity index (χ2v) is 4.10. The summed E-state index contributed by atoms with van der Waals surface area (Å²) >= 11 is 0. The molecule has 0 aromatic carbocycles. The van der Waals surface area contributed by atoms with E-state index in [1.165, 1.54) is 0 Å². The van der Waals surface area contributed by atoms with Crippen molar-refractivity contribution in [3.05, 3.63) is 18.0 Å². The molecule has 0 amide bonds. The Bertz CT molecular complexity index is 358. The van der Waals surface area contributed by atoms with Crippen molar-refractivity contribution in [2.75, 3.05) is 0 Å². The molecule has 2 rings (SSSR count). The normalized spacial score (nSPS) is 25.7. The third-order valence-corrected chi connectivity index (χ3v) is 3.17. The van der Waals surface area contributed by atoms with E-state index < -0.39 is 0 Å². The van der Waals surface area contributed by atoms with Gasteiger partial charge in [-0.05, 0) is 25.8 Å². The molecule has 1 aliphatic carbocycles. The van der Waals surface area contributed by atoms with Crippen molar-refractivity contribution in [1.82, 2.24) is 9.78 Å². The summed E-state index contributed by atoms with van der Waals surface area (Å²) in [4.78, 5) is 12.2. The molecular formula is C11H17N3O. The fourth-order valence-corrected chi connectivity index (χ4v) is 2.30. The SMILES string of the molecule is CCn1nccc1C(=O)C1CCCC1N. The Balaban J connectivity index is 2.20. The van der Waals surface area contributed by atoms with Crippen molar-refractivity contribution < 1.29 is 4.79 Å². The summed E-state index contributed by atoms with van der Waals surface area (Å²) in [5.41, 5.74) is 6.64. The average Bonchev–Trinajstić information content (AvgIpc) is 2.84. The van der Waals surface area contributed by atoms with Crippen LogP contribution in [0.1, 0.15) is 36.7 Å². The zero-order valence-electron chi connectivity index (χ0n) is 9.02. The number of rotatable bonds is 3. The molecule has 1 saturated carbocycles. The van der Waals surface area contributed by atoms with Gasteiger partial charge in [0.05, 0.1) is 0 Å². The molecule has 0 spiro atoms. The van der Waals surface area contributed by atoms with Gasteiger partial charge in [-0.3, -0.25) is 9.48 Å². The number of hydrogen-bond donors (Lipinski definition) is 1. The van der Waals surface area contributed by atoms with E-state index in [1.54, 1.807) is 16.9 Å². The zero-order valence-corrected chi connectivity index (χ0v) is 9.02. The predicted octanol–water partition coefficient (Wildman–Crippen LogP) is 1.21. The van der Waals surface area contributed by atoms with Crippen molar-refractivity contribution in [3.63, 3.8) is 0 Å². The Morgan fingerprint density at radius 1 is 1.67 bits per heavy atom. The number of Topliss-reactive ketones (excluding diaryl/α,β-unsaturated/α-hetero) is 1. The maximum Gasteiger partial charge on any atom is 0.185 e. The van der Waals surface area contributed by atoms with E-state index in [2.05, 4.69) is 5.10 Å². The quantitative estimate of drug-likeness (QED) is 0.758. The minimum Gasteiger partial charge on any atom is -0.327 e. The third-order valence-electron chi connectivity index (χ3n) is 3.17. The maximum atomic E-state index is 12.2. The molecule has 82 valence electrons. The number of carbonyl (C=O) groups excluding carboxylic acids is 1. The second-order valence-electron chi connectivity index (χ2n) is 4.10. The van der Waals surface area contributed by atoms with Gasteiger partial charge in [-0.15, -0.1) is 0 Å². The lowest BCUT2D eigenvalue weighted by atomic mass is 9.97. The van der Waals surface area contributed by atoms with Crippen LogP contribution in [0.2, 0.25) is 0 Å². The van der Waals surface area contributed by atoms with Gasteiger partial charge in [0.25, 0.3) is 0 Å². The molecule has 0 bridgehead atoms. The lowest BCUT2D eigenvalue weighted by Crippen LogP contribution is -2.31. The first-order valence-corrected chi connectivity index (χ1v) is 5.55. The van der Waals surface area contributed by atoms with Gasteiger partial charge >= 0.3 is 0 Å². The summed E-state index contributed by atoms with van der Waals surface area (Å²) in [5, 5.41) is 4.11. The topological polar surface area (TPSA) is 60.9 Å². The van der Waals surface area contributed by atoms with Gasteiger partial charge in [-0.2, -0.15) is 5.10 Å². The summed E-state index contributed by atoms with van der Waals surface area (Å²) in [7, 11) is 0. The van der Waals surface area contributed by atoms with Crippen molar-refractivity contribution >= 4 is 5.78 Å². The highest BCUT2D eigenvalue weighted by molar-refractivity contribution is 5.96. The lowest BCUT2D eigenvalue weighted by Gasteiger charge is -2.14. The van der Waals surface area contributed by atoms with E-state index in [-0.39, 0.29) is 17.7 Å². The molecule has 4 nitrogen and oxygen atoms in total. The Morgan fingerprint density at radius 2 is 2.47 bits per heavy atom. The first-order valence-electron chi connectivity index (χ1n) is 5.55. The van der Waals surface area contributed by atoms with Crippen LogP contribution in [0.15, 0.2) is 12.3 Å².